The molecule has 0 aromatic carbocycles. The van der Waals surface area contributed by atoms with Gasteiger partial charge in [-0.15, -0.1) is 11.3 Å². The summed E-state index contributed by atoms with van der Waals surface area (Å²) in [5.74, 6) is 0.245. The number of anilines is 2. The first kappa shape index (κ1) is 11.9. The van der Waals surface area contributed by atoms with Crippen molar-refractivity contribution in [2.24, 2.45) is 5.92 Å². The lowest BCUT2D eigenvalue weighted by atomic mass is 10.1. The highest BCUT2D eigenvalue weighted by molar-refractivity contribution is 7.19. The lowest BCUT2D eigenvalue weighted by Crippen LogP contribution is -2.02. The van der Waals surface area contributed by atoms with Gasteiger partial charge in [-0.3, -0.25) is 4.79 Å². The average molecular weight is 249 g/mol. The Morgan fingerprint density at radius 1 is 1.65 bits per heavy atom. The van der Waals surface area contributed by atoms with E-state index in [1.807, 2.05) is 6.92 Å². The number of nitrogen functional groups attached to an aromatic ring is 1. The van der Waals surface area contributed by atoms with Crippen LogP contribution in [-0.4, -0.2) is 12.3 Å². The van der Waals surface area contributed by atoms with Gasteiger partial charge in [-0.25, -0.2) is 0 Å². The summed E-state index contributed by atoms with van der Waals surface area (Å²) in [6.07, 6.45) is 2.88. The molecule has 0 spiro atoms. The third-order valence-electron chi connectivity index (χ3n) is 2.76. The van der Waals surface area contributed by atoms with E-state index in [2.05, 4.69) is 11.4 Å². The van der Waals surface area contributed by atoms with Crippen LogP contribution in [0, 0.1) is 17.2 Å². The highest BCUT2D eigenvalue weighted by atomic mass is 32.1. The molecule has 0 bridgehead atoms. The molecule has 1 aromatic rings. The summed E-state index contributed by atoms with van der Waals surface area (Å²) >= 11 is 1.32. The summed E-state index contributed by atoms with van der Waals surface area (Å²) in [5.41, 5.74) is 6.66. The van der Waals surface area contributed by atoms with Crippen molar-refractivity contribution in [3.05, 3.63) is 10.4 Å². The maximum Gasteiger partial charge on any atom is 0.178 e. The predicted molar refractivity (Wildman–Crippen MR) is 69.3 cm³/mol. The van der Waals surface area contributed by atoms with Crippen LogP contribution in [-0.2, 0) is 0 Å². The van der Waals surface area contributed by atoms with Crippen LogP contribution in [0.15, 0.2) is 0 Å². The molecule has 1 aromatic heterocycles. The normalized spacial score (nSPS) is 14.4. The monoisotopic (exact) mass is 249 g/mol. The number of carbonyl (C=O) groups is 1. The minimum absolute atomic E-state index is 0.105. The number of ketones is 1. The Hall–Kier alpha value is -1.54. The Balaban J connectivity index is 2.30. The zero-order valence-electron chi connectivity index (χ0n) is 9.75. The minimum atomic E-state index is 0.105. The molecule has 1 aliphatic carbocycles. The lowest BCUT2D eigenvalue weighted by molar-refractivity contribution is 0.0972. The highest BCUT2D eigenvalue weighted by Crippen LogP contribution is 2.41. The minimum Gasteiger partial charge on any atom is -0.396 e. The van der Waals surface area contributed by atoms with Crippen LogP contribution in [0.2, 0.25) is 0 Å². The molecule has 2 rings (SSSR count). The summed E-state index contributed by atoms with van der Waals surface area (Å²) in [7, 11) is 0. The molecule has 0 radical (unpaired) electrons. The van der Waals surface area contributed by atoms with E-state index in [9.17, 15) is 4.79 Å². The van der Waals surface area contributed by atoms with E-state index < -0.39 is 0 Å². The van der Waals surface area contributed by atoms with E-state index in [0.717, 1.165) is 30.8 Å². The largest absolute Gasteiger partial charge is 0.396 e. The molecule has 4 nitrogen and oxygen atoms in total. The van der Waals surface area contributed by atoms with Crippen molar-refractivity contribution >= 4 is 27.8 Å². The fourth-order valence-corrected chi connectivity index (χ4v) is 2.75. The summed E-state index contributed by atoms with van der Waals surface area (Å²) in [4.78, 5) is 12.5. The predicted octanol–water partition coefficient (Wildman–Crippen LogP) is 2.62. The molecule has 0 amide bonds. The topological polar surface area (TPSA) is 78.9 Å². The molecule has 1 fully saturated rings. The van der Waals surface area contributed by atoms with E-state index >= 15 is 0 Å². The van der Waals surface area contributed by atoms with Gasteiger partial charge in [0, 0.05) is 12.5 Å². The lowest BCUT2D eigenvalue weighted by Gasteiger charge is -2.00. The number of nitrogens with one attached hydrogen (secondary N) is 1. The number of Topliss-reactive ketones (excluding diaryl/α,β-unsaturated/α-hetero) is 1. The van der Waals surface area contributed by atoms with E-state index in [-0.39, 0.29) is 11.7 Å². The van der Waals surface area contributed by atoms with Crippen LogP contribution in [0.25, 0.3) is 0 Å². The summed E-state index contributed by atoms with van der Waals surface area (Å²) < 4.78 is 0. The van der Waals surface area contributed by atoms with Crippen LogP contribution >= 0.6 is 11.3 Å². The number of carbonyl (C=O) groups excluding carboxylic acids is 1. The molecule has 1 heterocycles. The maximum atomic E-state index is 12.0. The Kier molecular flexibility index (Phi) is 3.34. The Morgan fingerprint density at radius 2 is 2.35 bits per heavy atom. The number of thiophene rings is 1. The van der Waals surface area contributed by atoms with Crippen LogP contribution in [0.4, 0.5) is 10.7 Å². The molecule has 1 saturated carbocycles. The van der Waals surface area contributed by atoms with Crippen LogP contribution in [0.1, 0.15) is 41.4 Å². The van der Waals surface area contributed by atoms with Gasteiger partial charge in [0.25, 0.3) is 0 Å². The van der Waals surface area contributed by atoms with Gasteiger partial charge < -0.3 is 11.1 Å². The van der Waals surface area contributed by atoms with E-state index in [4.69, 9.17) is 11.0 Å². The van der Waals surface area contributed by atoms with Gasteiger partial charge >= 0.3 is 0 Å². The van der Waals surface area contributed by atoms with Crippen LogP contribution in [0.5, 0.6) is 0 Å². The second-order valence-corrected chi connectivity index (χ2v) is 5.25. The molecular weight excluding hydrogens is 234 g/mol. The van der Waals surface area contributed by atoms with Gasteiger partial charge in [0.15, 0.2) is 5.78 Å². The first-order chi connectivity index (χ1) is 8.19. The first-order valence-corrected chi connectivity index (χ1v) is 6.61. The second kappa shape index (κ2) is 4.76. The first-order valence-electron chi connectivity index (χ1n) is 5.79. The van der Waals surface area contributed by atoms with E-state index in [0.29, 0.717) is 16.1 Å². The zero-order valence-corrected chi connectivity index (χ0v) is 10.6. The molecule has 0 unspecified atom stereocenters. The Morgan fingerprint density at radius 3 is 2.88 bits per heavy atom. The standard InChI is InChI=1S/C12H15N3OS/c1-2-5-15-12-8(6-13)9(14)11(17-12)10(16)7-3-4-7/h7,15H,2-5,14H2,1H3. The molecule has 1 aliphatic rings. The van der Waals surface area contributed by atoms with Gasteiger partial charge in [0.05, 0.1) is 10.6 Å². The zero-order chi connectivity index (χ0) is 12.4. The summed E-state index contributed by atoms with van der Waals surface area (Å²) in [5, 5.41) is 13.0. The second-order valence-electron chi connectivity index (χ2n) is 4.23. The number of nitrogens with zero attached hydrogens (tertiary/aromatic N) is 1. The Bertz CT molecular complexity index is 483. The fraction of sp³-hybridized carbons (Fsp3) is 0.500. The van der Waals surface area contributed by atoms with Gasteiger partial charge in [0.2, 0.25) is 0 Å². The third kappa shape index (κ3) is 2.27. The maximum absolute atomic E-state index is 12.0. The quantitative estimate of drug-likeness (QED) is 0.786. The summed E-state index contributed by atoms with van der Waals surface area (Å²) in [6.45, 7) is 2.83. The fourth-order valence-electron chi connectivity index (χ4n) is 1.63. The van der Waals surface area contributed by atoms with Crippen LogP contribution in [0.3, 0.4) is 0 Å². The van der Waals surface area contributed by atoms with E-state index in [1.54, 1.807) is 0 Å². The number of rotatable bonds is 5. The number of nitrogens with two attached hydrogens (primary N) is 1. The molecule has 5 heteroatoms. The smallest absolute Gasteiger partial charge is 0.178 e. The van der Waals surface area contributed by atoms with Gasteiger partial charge in [-0.05, 0) is 19.3 Å². The third-order valence-corrected chi connectivity index (χ3v) is 3.94. The highest BCUT2D eigenvalue weighted by Gasteiger charge is 2.34. The number of nitriles is 1. The SMILES string of the molecule is CCCNc1sc(C(=O)C2CC2)c(N)c1C#N. The molecule has 0 aliphatic heterocycles. The molecule has 0 saturated heterocycles. The van der Waals surface area contributed by atoms with Crippen molar-refractivity contribution in [3.8, 4) is 6.07 Å². The molecule has 0 atom stereocenters. The van der Waals surface area contributed by atoms with Crippen molar-refractivity contribution in [1.82, 2.24) is 0 Å². The number of hydrogen-bond donors (Lipinski definition) is 2. The van der Waals surface area contributed by atoms with Gasteiger partial charge in [-0.2, -0.15) is 5.26 Å². The van der Waals surface area contributed by atoms with Crippen molar-refractivity contribution in [2.75, 3.05) is 17.6 Å². The van der Waals surface area contributed by atoms with Crippen molar-refractivity contribution in [3.63, 3.8) is 0 Å². The molecule has 3 N–H and O–H groups in total. The average Bonchev–Trinajstić information content (AvgIpc) is 3.11. The van der Waals surface area contributed by atoms with Crippen molar-refractivity contribution < 1.29 is 4.79 Å². The summed E-state index contributed by atoms with van der Waals surface area (Å²) in [6, 6.07) is 2.08. The molecular formula is C12H15N3OS. The molecule has 90 valence electrons. The van der Waals surface area contributed by atoms with Crippen LogP contribution < -0.4 is 11.1 Å². The van der Waals surface area contributed by atoms with Gasteiger partial charge in [-0.1, -0.05) is 6.92 Å². The number of hydrogen-bond acceptors (Lipinski definition) is 5. The van der Waals surface area contributed by atoms with E-state index in [1.165, 1.54) is 11.3 Å². The van der Waals surface area contributed by atoms with Gasteiger partial charge in [0.1, 0.15) is 16.6 Å². The van der Waals surface area contributed by atoms with Crippen molar-refractivity contribution in [2.45, 2.75) is 26.2 Å². The Labute approximate surface area is 104 Å². The molecule has 17 heavy (non-hydrogen) atoms. The van der Waals surface area contributed by atoms with Crippen molar-refractivity contribution in [1.29, 1.82) is 5.26 Å².